The molecule has 0 spiro atoms. The number of amides is 1. The summed E-state index contributed by atoms with van der Waals surface area (Å²) in [6, 6.07) is 5.83. The van der Waals surface area contributed by atoms with E-state index in [4.69, 9.17) is 0 Å². The molecule has 3 aromatic rings. The molecule has 1 saturated carbocycles. The second-order valence-corrected chi connectivity index (χ2v) is 8.17. The molecule has 8 heteroatoms. The molecule has 8 nitrogen and oxygen atoms in total. The van der Waals surface area contributed by atoms with Crippen molar-refractivity contribution >= 4 is 22.5 Å². The molecule has 2 aliphatic rings. The van der Waals surface area contributed by atoms with Gasteiger partial charge in [0.1, 0.15) is 5.69 Å². The first-order chi connectivity index (χ1) is 14.6. The third-order valence-corrected chi connectivity index (χ3v) is 5.89. The zero-order valence-electron chi connectivity index (χ0n) is 17.0. The molecule has 1 aliphatic heterocycles. The Labute approximate surface area is 174 Å². The van der Waals surface area contributed by atoms with Gasteiger partial charge in [-0.2, -0.15) is 0 Å². The number of aryl methyl sites for hydroxylation is 1. The van der Waals surface area contributed by atoms with Crippen LogP contribution in [-0.2, 0) is 6.54 Å². The minimum absolute atomic E-state index is 0.0353. The SMILES string of the molecule is Cc1cnc(C(=O)N2CCN(c3ccc4c(=O)n(CC5CC5)cnc4c3)CC2)cn1. The Balaban J connectivity index is 1.29. The Kier molecular flexibility index (Phi) is 4.69. The van der Waals surface area contributed by atoms with Crippen molar-refractivity contribution in [3.05, 3.63) is 58.7 Å². The molecule has 3 heterocycles. The van der Waals surface area contributed by atoms with Crippen molar-refractivity contribution in [2.45, 2.75) is 26.3 Å². The van der Waals surface area contributed by atoms with Gasteiger partial charge in [0.05, 0.1) is 29.1 Å². The van der Waals surface area contributed by atoms with Gasteiger partial charge in [0.25, 0.3) is 11.5 Å². The van der Waals surface area contributed by atoms with Crippen LogP contribution in [0.3, 0.4) is 0 Å². The summed E-state index contributed by atoms with van der Waals surface area (Å²) in [6.45, 7) is 5.28. The van der Waals surface area contributed by atoms with E-state index in [0.717, 1.165) is 36.5 Å². The molecule has 1 aromatic carbocycles. The molecule has 0 unspecified atom stereocenters. The van der Waals surface area contributed by atoms with Crippen LogP contribution in [-0.4, -0.2) is 56.5 Å². The third-order valence-electron chi connectivity index (χ3n) is 5.89. The maximum Gasteiger partial charge on any atom is 0.274 e. The lowest BCUT2D eigenvalue weighted by atomic mass is 10.2. The highest BCUT2D eigenvalue weighted by Gasteiger charge is 2.24. The van der Waals surface area contributed by atoms with Crippen LogP contribution < -0.4 is 10.5 Å². The molecule has 30 heavy (non-hydrogen) atoms. The van der Waals surface area contributed by atoms with Gasteiger partial charge in [-0.25, -0.2) is 9.97 Å². The first kappa shape index (κ1) is 18.7. The summed E-state index contributed by atoms with van der Waals surface area (Å²) in [6.07, 6.45) is 7.23. The topological polar surface area (TPSA) is 84.2 Å². The zero-order valence-corrected chi connectivity index (χ0v) is 17.0. The number of carbonyl (C=O) groups is 1. The average molecular weight is 404 g/mol. The summed E-state index contributed by atoms with van der Waals surface area (Å²) in [7, 11) is 0. The molecule has 2 fully saturated rings. The second kappa shape index (κ2) is 7.51. The van der Waals surface area contributed by atoms with Gasteiger partial charge in [-0.15, -0.1) is 0 Å². The lowest BCUT2D eigenvalue weighted by Gasteiger charge is -2.36. The fourth-order valence-corrected chi connectivity index (χ4v) is 3.88. The van der Waals surface area contributed by atoms with Gasteiger partial charge in [-0.05, 0) is 43.9 Å². The summed E-state index contributed by atoms with van der Waals surface area (Å²) in [4.78, 5) is 42.3. The van der Waals surface area contributed by atoms with Crippen molar-refractivity contribution in [3.8, 4) is 0 Å². The number of aromatic nitrogens is 4. The van der Waals surface area contributed by atoms with E-state index in [-0.39, 0.29) is 11.5 Å². The lowest BCUT2D eigenvalue weighted by molar-refractivity contribution is 0.0740. The van der Waals surface area contributed by atoms with E-state index >= 15 is 0 Å². The minimum Gasteiger partial charge on any atom is -0.368 e. The largest absolute Gasteiger partial charge is 0.368 e. The van der Waals surface area contributed by atoms with E-state index in [1.54, 1.807) is 17.1 Å². The van der Waals surface area contributed by atoms with Crippen molar-refractivity contribution in [3.63, 3.8) is 0 Å². The van der Waals surface area contributed by atoms with Crippen LogP contribution in [0.1, 0.15) is 29.0 Å². The van der Waals surface area contributed by atoms with Gasteiger partial charge < -0.3 is 9.80 Å². The molecule has 1 aliphatic carbocycles. The van der Waals surface area contributed by atoms with Crippen LogP contribution in [0.25, 0.3) is 10.9 Å². The predicted molar refractivity (Wildman–Crippen MR) is 114 cm³/mol. The van der Waals surface area contributed by atoms with Crippen molar-refractivity contribution in [1.82, 2.24) is 24.4 Å². The number of fused-ring (bicyclic) bond motifs is 1. The number of anilines is 1. The minimum atomic E-state index is -0.0847. The van der Waals surface area contributed by atoms with Crippen LogP contribution in [0.2, 0.25) is 0 Å². The molecule has 1 amide bonds. The molecule has 1 saturated heterocycles. The van der Waals surface area contributed by atoms with Gasteiger partial charge in [-0.3, -0.25) is 19.1 Å². The Hall–Kier alpha value is -3.29. The van der Waals surface area contributed by atoms with E-state index < -0.39 is 0 Å². The van der Waals surface area contributed by atoms with E-state index in [9.17, 15) is 9.59 Å². The van der Waals surface area contributed by atoms with E-state index in [1.165, 1.54) is 19.0 Å². The Morgan fingerprint density at radius 1 is 1.07 bits per heavy atom. The molecule has 0 bridgehead atoms. The van der Waals surface area contributed by atoms with Gasteiger partial charge in [0, 0.05) is 44.6 Å². The second-order valence-electron chi connectivity index (χ2n) is 8.17. The summed E-state index contributed by atoms with van der Waals surface area (Å²) < 4.78 is 1.73. The molecular formula is C22H24N6O2. The van der Waals surface area contributed by atoms with Gasteiger partial charge in [0.15, 0.2) is 0 Å². The highest BCUT2D eigenvalue weighted by Crippen LogP contribution is 2.30. The van der Waals surface area contributed by atoms with Crippen LogP contribution in [0.5, 0.6) is 0 Å². The average Bonchev–Trinajstić information content (AvgIpc) is 3.60. The number of piperazine rings is 1. The van der Waals surface area contributed by atoms with Crippen LogP contribution in [0.4, 0.5) is 5.69 Å². The fraction of sp³-hybridized carbons (Fsp3) is 0.409. The summed E-state index contributed by atoms with van der Waals surface area (Å²) >= 11 is 0. The van der Waals surface area contributed by atoms with E-state index in [1.807, 2.05) is 30.0 Å². The normalized spacial score (nSPS) is 16.8. The number of nitrogens with zero attached hydrogens (tertiary/aromatic N) is 6. The van der Waals surface area contributed by atoms with Gasteiger partial charge in [0.2, 0.25) is 0 Å². The summed E-state index contributed by atoms with van der Waals surface area (Å²) in [5.74, 6) is 0.546. The smallest absolute Gasteiger partial charge is 0.274 e. The Morgan fingerprint density at radius 2 is 1.87 bits per heavy atom. The number of hydrogen-bond donors (Lipinski definition) is 0. The number of benzene rings is 1. The highest BCUT2D eigenvalue weighted by atomic mass is 16.2. The number of carbonyl (C=O) groups excluding carboxylic acids is 1. The molecule has 154 valence electrons. The predicted octanol–water partition coefficient (Wildman–Crippen LogP) is 1.87. The molecular weight excluding hydrogens is 380 g/mol. The number of rotatable bonds is 4. The lowest BCUT2D eigenvalue weighted by Crippen LogP contribution is -2.49. The zero-order chi connectivity index (χ0) is 20.7. The van der Waals surface area contributed by atoms with Crippen molar-refractivity contribution < 1.29 is 4.79 Å². The molecule has 2 aromatic heterocycles. The molecule has 5 rings (SSSR count). The summed E-state index contributed by atoms with van der Waals surface area (Å²) in [5.41, 5.74) is 2.95. The maximum atomic E-state index is 12.7. The molecule has 0 radical (unpaired) electrons. The first-order valence-corrected chi connectivity index (χ1v) is 10.4. The molecule has 0 atom stereocenters. The highest BCUT2D eigenvalue weighted by molar-refractivity contribution is 5.92. The third kappa shape index (κ3) is 3.65. The first-order valence-electron chi connectivity index (χ1n) is 10.4. The fourth-order valence-electron chi connectivity index (χ4n) is 3.88. The van der Waals surface area contributed by atoms with Gasteiger partial charge >= 0.3 is 0 Å². The Morgan fingerprint density at radius 3 is 2.57 bits per heavy atom. The molecule has 0 N–H and O–H groups in total. The van der Waals surface area contributed by atoms with Crippen molar-refractivity contribution in [2.75, 3.05) is 31.1 Å². The van der Waals surface area contributed by atoms with Gasteiger partial charge in [-0.1, -0.05) is 0 Å². The number of hydrogen-bond acceptors (Lipinski definition) is 6. The standard InChI is InChI=1S/C22H24N6O2/c1-15-11-24-20(12-23-15)22(30)27-8-6-26(7-9-27)17-4-5-18-19(10-17)25-14-28(21(18)29)13-16-2-3-16/h4-5,10-12,14,16H,2-3,6-9,13H2,1H3. The van der Waals surface area contributed by atoms with Crippen LogP contribution >= 0.6 is 0 Å². The quantitative estimate of drug-likeness (QED) is 0.660. The Bertz CT molecular complexity index is 1140. The van der Waals surface area contributed by atoms with Crippen molar-refractivity contribution in [1.29, 1.82) is 0 Å². The van der Waals surface area contributed by atoms with Crippen LogP contribution in [0, 0.1) is 12.8 Å². The van der Waals surface area contributed by atoms with Crippen molar-refractivity contribution in [2.24, 2.45) is 5.92 Å². The monoisotopic (exact) mass is 404 g/mol. The van der Waals surface area contributed by atoms with Crippen LogP contribution in [0.15, 0.2) is 41.7 Å². The van der Waals surface area contributed by atoms with E-state index in [0.29, 0.717) is 30.1 Å². The van der Waals surface area contributed by atoms with E-state index in [2.05, 4.69) is 19.9 Å². The maximum absolute atomic E-state index is 12.7. The summed E-state index contributed by atoms with van der Waals surface area (Å²) in [5, 5.41) is 0.661.